The molecule has 15 heavy (non-hydrogen) atoms. The van der Waals surface area contributed by atoms with E-state index in [0.29, 0.717) is 13.2 Å². The van der Waals surface area contributed by atoms with Crippen LogP contribution < -0.4 is 0 Å². The van der Waals surface area contributed by atoms with E-state index in [1.807, 2.05) is 25.1 Å². The lowest BCUT2D eigenvalue weighted by Gasteiger charge is -2.01. The van der Waals surface area contributed by atoms with E-state index in [1.165, 1.54) is 11.8 Å². The highest BCUT2D eigenvalue weighted by Crippen LogP contribution is 2.00. The lowest BCUT2D eigenvalue weighted by atomic mass is 10.1. The number of rotatable bonds is 6. The average molecular weight is 203 g/mol. The monoisotopic (exact) mass is 203 g/mol. The van der Waals surface area contributed by atoms with E-state index in [1.54, 1.807) is 0 Å². The highest BCUT2D eigenvalue weighted by atomic mass is 16.5. The van der Waals surface area contributed by atoms with Crippen molar-refractivity contribution in [1.29, 1.82) is 0 Å². The molecule has 0 spiro atoms. The topological polar surface area (TPSA) is 21.6 Å². The summed E-state index contributed by atoms with van der Waals surface area (Å²) >= 11 is 0. The van der Waals surface area contributed by atoms with E-state index in [-0.39, 0.29) is 0 Å². The largest absolute Gasteiger partial charge is 0.500 e. The second-order valence-corrected chi connectivity index (χ2v) is 3.32. The minimum Gasteiger partial charge on any atom is -0.500 e. The summed E-state index contributed by atoms with van der Waals surface area (Å²) in [6, 6.07) is 10.3. The first-order valence-corrected chi connectivity index (χ1v) is 5.09. The van der Waals surface area contributed by atoms with Crippen LogP contribution >= 0.6 is 0 Å². The van der Waals surface area contributed by atoms with Crippen molar-refractivity contribution in [3.63, 3.8) is 0 Å². The predicted octanol–water partition coefficient (Wildman–Crippen LogP) is 2.85. The molecule has 80 valence electrons. The first kappa shape index (κ1) is 11.5. The summed E-state index contributed by atoms with van der Waals surface area (Å²) in [7, 11) is 0. The van der Waals surface area contributed by atoms with Gasteiger partial charge in [-0.15, -0.1) is 0 Å². The van der Waals surface area contributed by atoms with Crippen molar-refractivity contribution in [3.8, 4) is 0 Å². The summed E-state index contributed by atoms with van der Waals surface area (Å²) in [4.78, 5) is 4.40. The van der Waals surface area contributed by atoms with E-state index in [4.69, 9.17) is 4.74 Å². The summed E-state index contributed by atoms with van der Waals surface area (Å²) in [6.45, 7) is 6.82. The van der Waals surface area contributed by atoms with Crippen molar-refractivity contribution in [1.82, 2.24) is 0 Å². The molecule has 0 aliphatic heterocycles. The SMILES string of the molecule is C=COCCN=C(C)Cc1ccccc1. The molecule has 0 aromatic heterocycles. The Bertz CT molecular complexity index is 317. The molecule has 0 aliphatic rings. The summed E-state index contributed by atoms with van der Waals surface area (Å²) in [6.07, 6.45) is 2.36. The number of hydrogen-bond acceptors (Lipinski definition) is 2. The molecule has 0 N–H and O–H groups in total. The third-order valence-electron chi connectivity index (χ3n) is 2.01. The Labute approximate surface area is 91.3 Å². The Balaban J connectivity index is 2.35. The van der Waals surface area contributed by atoms with E-state index in [2.05, 4.69) is 23.7 Å². The highest BCUT2D eigenvalue weighted by Gasteiger charge is 1.94. The van der Waals surface area contributed by atoms with Crippen LogP contribution in [0.15, 0.2) is 48.2 Å². The van der Waals surface area contributed by atoms with Gasteiger partial charge in [-0.2, -0.15) is 0 Å². The summed E-state index contributed by atoms with van der Waals surface area (Å²) in [5.41, 5.74) is 2.43. The Kier molecular flexibility index (Phi) is 5.23. The fourth-order valence-corrected chi connectivity index (χ4v) is 1.32. The molecule has 2 heteroatoms. The van der Waals surface area contributed by atoms with Crippen molar-refractivity contribution < 1.29 is 4.74 Å². The van der Waals surface area contributed by atoms with Crippen molar-refractivity contribution in [3.05, 3.63) is 48.7 Å². The first-order chi connectivity index (χ1) is 7.33. The average Bonchev–Trinajstić information content (AvgIpc) is 2.26. The standard InChI is InChI=1S/C13H17NO/c1-3-15-10-9-14-12(2)11-13-7-5-4-6-8-13/h3-8H,1,9-11H2,2H3. The smallest absolute Gasteiger partial charge is 0.107 e. The number of aliphatic imine (C=N–C) groups is 1. The van der Waals surface area contributed by atoms with Crippen LogP contribution in [0.1, 0.15) is 12.5 Å². The molecule has 0 heterocycles. The van der Waals surface area contributed by atoms with Crippen LogP contribution in [0.5, 0.6) is 0 Å². The zero-order valence-corrected chi connectivity index (χ0v) is 9.15. The van der Waals surface area contributed by atoms with Gasteiger partial charge < -0.3 is 4.74 Å². The zero-order chi connectivity index (χ0) is 10.9. The van der Waals surface area contributed by atoms with E-state index in [9.17, 15) is 0 Å². The second-order valence-electron chi connectivity index (χ2n) is 3.32. The van der Waals surface area contributed by atoms with Gasteiger partial charge in [0.25, 0.3) is 0 Å². The van der Waals surface area contributed by atoms with Gasteiger partial charge in [0.15, 0.2) is 0 Å². The molecule has 0 amide bonds. The second kappa shape index (κ2) is 6.82. The van der Waals surface area contributed by atoms with Crippen LogP contribution in [0.3, 0.4) is 0 Å². The molecule has 0 radical (unpaired) electrons. The fraction of sp³-hybridized carbons (Fsp3) is 0.308. The van der Waals surface area contributed by atoms with Gasteiger partial charge in [0.05, 0.1) is 12.8 Å². The van der Waals surface area contributed by atoms with Gasteiger partial charge in [0.1, 0.15) is 6.61 Å². The van der Waals surface area contributed by atoms with Crippen LogP contribution in [0.4, 0.5) is 0 Å². The number of hydrogen-bond donors (Lipinski definition) is 0. The van der Waals surface area contributed by atoms with Crippen molar-refractivity contribution >= 4 is 5.71 Å². The van der Waals surface area contributed by atoms with Gasteiger partial charge in [-0.1, -0.05) is 36.9 Å². The van der Waals surface area contributed by atoms with Crippen molar-refractivity contribution in [2.24, 2.45) is 4.99 Å². The fourth-order valence-electron chi connectivity index (χ4n) is 1.32. The van der Waals surface area contributed by atoms with Gasteiger partial charge in [-0.3, -0.25) is 4.99 Å². The van der Waals surface area contributed by atoms with Gasteiger partial charge in [0, 0.05) is 12.1 Å². The first-order valence-electron chi connectivity index (χ1n) is 5.09. The van der Waals surface area contributed by atoms with E-state index >= 15 is 0 Å². The normalized spacial score (nSPS) is 11.1. The van der Waals surface area contributed by atoms with Crippen molar-refractivity contribution in [2.75, 3.05) is 13.2 Å². The maximum atomic E-state index is 4.99. The van der Waals surface area contributed by atoms with Gasteiger partial charge in [-0.05, 0) is 12.5 Å². The lowest BCUT2D eigenvalue weighted by Crippen LogP contribution is -2.01. The van der Waals surface area contributed by atoms with Gasteiger partial charge in [-0.25, -0.2) is 0 Å². The van der Waals surface area contributed by atoms with E-state index < -0.39 is 0 Å². The van der Waals surface area contributed by atoms with Gasteiger partial charge >= 0.3 is 0 Å². The summed E-state index contributed by atoms with van der Waals surface area (Å²) in [5.74, 6) is 0. The molecule has 0 atom stereocenters. The highest BCUT2D eigenvalue weighted by molar-refractivity contribution is 5.84. The molecule has 1 aromatic rings. The molecule has 0 bridgehead atoms. The molecular weight excluding hydrogens is 186 g/mol. The molecule has 0 fully saturated rings. The van der Waals surface area contributed by atoms with Crippen LogP contribution in [0.25, 0.3) is 0 Å². The lowest BCUT2D eigenvalue weighted by molar-refractivity contribution is 0.261. The Hall–Kier alpha value is -1.57. The molecule has 0 unspecified atom stereocenters. The predicted molar refractivity (Wildman–Crippen MR) is 64.3 cm³/mol. The maximum absolute atomic E-state index is 4.99. The van der Waals surface area contributed by atoms with Crippen LogP contribution in [0, 0.1) is 0 Å². The summed E-state index contributed by atoms with van der Waals surface area (Å²) < 4.78 is 4.99. The number of ether oxygens (including phenoxy) is 1. The minimum atomic E-state index is 0.607. The Morgan fingerprint density at radius 1 is 1.40 bits per heavy atom. The molecule has 1 aromatic carbocycles. The quantitative estimate of drug-likeness (QED) is 0.396. The third-order valence-corrected chi connectivity index (χ3v) is 2.01. The molecule has 2 nitrogen and oxygen atoms in total. The van der Waals surface area contributed by atoms with Gasteiger partial charge in [0.2, 0.25) is 0 Å². The number of benzene rings is 1. The number of nitrogens with zero attached hydrogens (tertiary/aromatic N) is 1. The maximum Gasteiger partial charge on any atom is 0.107 e. The molecule has 0 saturated carbocycles. The molecular formula is C13H17NO. The van der Waals surface area contributed by atoms with Crippen LogP contribution in [0.2, 0.25) is 0 Å². The van der Waals surface area contributed by atoms with Crippen molar-refractivity contribution in [2.45, 2.75) is 13.3 Å². The molecule has 1 rings (SSSR count). The minimum absolute atomic E-state index is 0.607. The Morgan fingerprint density at radius 3 is 2.80 bits per heavy atom. The van der Waals surface area contributed by atoms with Crippen LogP contribution in [-0.2, 0) is 11.2 Å². The third kappa shape index (κ3) is 5.01. The van der Waals surface area contributed by atoms with Crippen LogP contribution in [-0.4, -0.2) is 18.9 Å². The molecule has 0 aliphatic carbocycles. The van der Waals surface area contributed by atoms with E-state index in [0.717, 1.165) is 12.1 Å². The zero-order valence-electron chi connectivity index (χ0n) is 9.15. The molecule has 0 saturated heterocycles. The summed E-state index contributed by atoms with van der Waals surface area (Å²) in [5, 5.41) is 0. The Morgan fingerprint density at radius 2 is 2.13 bits per heavy atom.